The van der Waals surface area contributed by atoms with Crippen LogP contribution in [0.1, 0.15) is 50.2 Å². The van der Waals surface area contributed by atoms with Crippen molar-refractivity contribution in [2.75, 3.05) is 31.1 Å². The monoisotopic (exact) mass is 448 g/mol. The van der Waals surface area contributed by atoms with Crippen molar-refractivity contribution in [2.45, 2.75) is 46.0 Å². The van der Waals surface area contributed by atoms with Crippen LogP contribution < -0.4 is 4.90 Å². The van der Waals surface area contributed by atoms with Crippen LogP contribution in [0.5, 0.6) is 0 Å². The van der Waals surface area contributed by atoms with E-state index in [4.69, 9.17) is 0 Å². The molecular weight excluding hydrogens is 415 g/mol. The zero-order valence-electron chi connectivity index (χ0n) is 19.6. The molecule has 0 radical (unpaired) electrons. The van der Waals surface area contributed by atoms with Crippen molar-refractivity contribution in [1.82, 2.24) is 14.9 Å². The highest BCUT2D eigenvalue weighted by molar-refractivity contribution is 5.82. The molecule has 5 nitrogen and oxygen atoms in total. The van der Waals surface area contributed by atoms with E-state index in [9.17, 15) is 9.18 Å². The van der Waals surface area contributed by atoms with Gasteiger partial charge < -0.3 is 9.80 Å². The van der Waals surface area contributed by atoms with Gasteiger partial charge in [-0.1, -0.05) is 19.1 Å². The summed E-state index contributed by atoms with van der Waals surface area (Å²) in [6.45, 7) is 6.91. The molecule has 1 unspecified atom stereocenters. The number of halogens is 1. The van der Waals surface area contributed by atoms with Crippen molar-refractivity contribution >= 4 is 17.3 Å². The molecule has 1 saturated heterocycles. The Labute approximate surface area is 196 Å². The van der Waals surface area contributed by atoms with Gasteiger partial charge in [-0.15, -0.1) is 0 Å². The number of hydrogen-bond acceptors (Lipinski definition) is 5. The van der Waals surface area contributed by atoms with Gasteiger partial charge in [-0.05, 0) is 79.5 Å². The third kappa shape index (κ3) is 5.86. The van der Waals surface area contributed by atoms with Crippen LogP contribution in [0.2, 0.25) is 0 Å². The van der Waals surface area contributed by atoms with E-state index in [2.05, 4.69) is 38.8 Å². The number of allylic oxidation sites excluding steroid dienone is 3. The van der Waals surface area contributed by atoms with Gasteiger partial charge in [0.1, 0.15) is 5.82 Å². The third-order valence-electron chi connectivity index (χ3n) is 6.68. The van der Waals surface area contributed by atoms with Crippen molar-refractivity contribution in [3.63, 3.8) is 0 Å². The Morgan fingerprint density at radius 2 is 2.00 bits per heavy atom. The van der Waals surface area contributed by atoms with E-state index >= 15 is 0 Å². The standard InChI is InChI=1S/C27H33FN4O/c1-3-24-18-23(22-7-8-26(28)20(2)16-22)10-15-32(24)19-25(33)17-21-6-4-13-31(14-9-21)27-29-11-5-12-30-27/h5,7-8,10-12,16,18,21H,3-4,6,9,13-15,17,19H2,1-2H3. The van der Waals surface area contributed by atoms with Gasteiger partial charge in [-0.25, -0.2) is 14.4 Å². The summed E-state index contributed by atoms with van der Waals surface area (Å²) in [6, 6.07) is 7.08. The maximum Gasteiger partial charge on any atom is 0.225 e. The van der Waals surface area contributed by atoms with Crippen LogP contribution in [-0.2, 0) is 4.79 Å². The topological polar surface area (TPSA) is 49.3 Å². The second-order valence-corrected chi connectivity index (χ2v) is 9.07. The minimum atomic E-state index is -0.181. The molecule has 0 spiro atoms. The first-order chi connectivity index (χ1) is 16.0. The second kappa shape index (κ2) is 10.7. The predicted octanol–water partition coefficient (Wildman–Crippen LogP) is 5.18. The molecule has 0 N–H and O–H groups in total. The smallest absolute Gasteiger partial charge is 0.225 e. The Kier molecular flexibility index (Phi) is 7.53. The van der Waals surface area contributed by atoms with Crippen LogP contribution in [0.25, 0.3) is 5.57 Å². The molecule has 0 amide bonds. The van der Waals surface area contributed by atoms with Crippen LogP contribution in [0, 0.1) is 18.7 Å². The van der Waals surface area contributed by atoms with Crippen LogP contribution in [0.15, 0.2) is 54.5 Å². The van der Waals surface area contributed by atoms with E-state index in [0.717, 1.165) is 61.6 Å². The lowest BCUT2D eigenvalue weighted by Crippen LogP contribution is -2.32. The Balaban J connectivity index is 1.32. The molecule has 4 rings (SSSR count). The fourth-order valence-electron chi connectivity index (χ4n) is 4.80. The van der Waals surface area contributed by atoms with Gasteiger partial charge in [0.05, 0.1) is 6.54 Å². The van der Waals surface area contributed by atoms with Crippen LogP contribution in [0.4, 0.5) is 10.3 Å². The second-order valence-electron chi connectivity index (χ2n) is 9.07. The number of hydrogen-bond donors (Lipinski definition) is 0. The molecular formula is C27H33FN4O. The third-order valence-corrected chi connectivity index (χ3v) is 6.68. The first-order valence-electron chi connectivity index (χ1n) is 12.0. The SMILES string of the molecule is CCC1=CC(c2ccc(F)c(C)c2)=CCN1CC(=O)CC1CCCN(c2ncccn2)CC1. The predicted molar refractivity (Wildman–Crippen MR) is 130 cm³/mol. The number of ketones is 1. The molecule has 2 aliphatic heterocycles. The zero-order valence-corrected chi connectivity index (χ0v) is 19.6. The van der Waals surface area contributed by atoms with E-state index < -0.39 is 0 Å². The van der Waals surface area contributed by atoms with Gasteiger partial charge in [0.2, 0.25) is 5.95 Å². The minimum Gasteiger partial charge on any atom is -0.364 e. The largest absolute Gasteiger partial charge is 0.364 e. The Hall–Kier alpha value is -3.02. The minimum absolute atomic E-state index is 0.181. The van der Waals surface area contributed by atoms with Gasteiger partial charge in [0, 0.05) is 44.1 Å². The molecule has 1 atom stereocenters. The average molecular weight is 449 g/mol. The number of aryl methyl sites for hydroxylation is 1. The van der Waals surface area contributed by atoms with Crippen molar-refractivity contribution < 1.29 is 9.18 Å². The van der Waals surface area contributed by atoms with Gasteiger partial charge >= 0.3 is 0 Å². The molecule has 2 aromatic rings. The van der Waals surface area contributed by atoms with Crippen molar-refractivity contribution in [3.8, 4) is 0 Å². The summed E-state index contributed by atoms with van der Waals surface area (Å²) in [6.07, 6.45) is 12.5. The lowest BCUT2D eigenvalue weighted by molar-refractivity contribution is -0.120. The van der Waals surface area contributed by atoms with E-state index in [1.165, 1.54) is 6.07 Å². The number of rotatable bonds is 7. The molecule has 1 aromatic carbocycles. The number of carbonyl (C=O) groups is 1. The highest BCUT2D eigenvalue weighted by Crippen LogP contribution is 2.27. The first-order valence-corrected chi connectivity index (χ1v) is 12.0. The van der Waals surface area contributed by atoms with Gasteiger partial charge in [0.25, 0.3) is 0 Å². The van der Waals surface area contributed by atoms with Crippen molar-refractivity contribution in [3.05, 3.63) is 71.5 Å². The Morgan fingerprint density at radius 1 is 1.18 bits per heavy atom. The summed E-state index contributed by atoms with van der Waals surface area (Å²) in [7, 11) is 0. The summed E-state index contributed by atoms with van der Waals surface area (Å²) >= 11 is 0. The molecule has 0 aliphatic carbocycles. The maximum absolute atomic E-state index is 13.7. The number of Topliss-reactive ketones (excluding diaryl/α,β-unsaturated/α-hetero) is 1. The van der Waals surface area contributed by atoms with Gasteiger partial charge in [-0.3, -0.25) is 4.79 Å². The normalized spacial score (nSPS) is 19.1. The first kappa shape index (κ1) is 23.1. The zero-order chi connectivity index (χ0) is 23.2. The molecule has 33 heavy (non-hydrogen) atoms. The fourth-order valence-corrected chi connectivity index (χ4v) is 4.80. The lowest BCUT2D eigenvalue weighted by atomic mass is 9.94. The fraction of sp³-hybridized carbons (Fsp3) is 0.444. The number of carbonyl (C=O) groups excluding carboxylic acids is 1. The van der Waals surface area contributed by atoms with Crippen LogP contribution in [-0.4, -0.2) is 46.8 Å². The van der Waals surface area contributed by atoms with E-state index in [1.807, 2.05) is 18.2 Å². The number of nitrogens with zero attached hydrogens (tertiary/aromatic N) is 4. The van der Waals surface area contributed by atoms with Crippen molar-refractivity contribution in [1.29, 1.82) is 0 Å². The number of aromatic nitrogens is 2. The molecule has 1 aromatic heterocycles. The molecule has 6 heteroatoms. The molecule has 0 bridgehead atoms. The molecule has 0 saturated carbocycles. The van der Waals surface area contributed by atoms with Crippen LogP contribution in [0.3, 0.4) is 0 Å². The van der Waals surface area contributed by atoms with Crippen molar-refractivity contribution in [2.24, 2.45) is 5.92 Å². The highest BCUT2D eigenvalue weighted by atomic mass is 19.1. The molecule has 174 valence electrons. The summed E-state index contributed by atoms with van der Waals surface area (Å²) in [5.74, 6) is 1.33. The lowest BCUT2D eigenvalue weighted by Gasteiger charge is -2.29. The summed E-state index contributed by atoms with van der Waals surface area (Å²) in [5.41, 5.74) is 3.94. The van der Waals surface area contributed by atoms with E-state index in [-0.39, 0.29) is 5.82 Å². The Morgan fingerprint density at radius 3 is 2.76 bits per heavy atom. The quantitative estimate of drug-likeness (QED) is 0.584. The Bertz CT molecular complexity index is 1030. The molecule has 2 aliphatic rings. The average Bonchev–Trinajstić information content (AvgIpc) is 3.07. The number of benzene rings is 1. The van der Waals surface area contributed by atoms with Gasteiger partial charge in [-0.2, -0.15) is 0 Å². The number of anilines is 1. The van der Waals surface area contributed by atoms with Crippen LogP contribution >= 0.6 is 0 Å². The highest BCUT2D eigenvalue weighted by Gasteiger charge is 2.23. The molecule has 3 heterocycles. The van der Waals surface area contributed by atoms with E-state index in [0.29, 0.717) is 36.8 Å². The van der Waals surface area contributed by atoms with E-state index in [1.54, 1.807) is 19.3 Å². The van der Waals surface area contributed by atoms with Gasteiger partial charge in [0.15, 0.2) is 5.78 Å². The molecule has 1 fully saturated rings. The maximum atomic E-state index is 13.7. The summed E-state index contributed by atoms with van der Waals surface area (Å²) < 4.78 is 13.7. The summed E-state index contributed by atoms with van der Waals surface area (Å²) in [4.78, 5) is 26.1. The summed E-state index contributed by atoms with van der Waals surface area (Å²) in [5, 5.41) is 0.